The van der Waals surface area contributed by atoms with Gasteiger partial charge in [-0.3, -0.25) is 4.79 Å². The van der Waals surface area contributed by atoms with E-state index in [1.165, 1.54) is 4.68 Å². The van der Waals surface area contributed by atoms with Gasteiger partial charge in [-0.05, 0) is 28.5 Å². The molecule has 152 valence electrons. The van der Waals surface area contributed by atoms with Crippen molar-refractivity contribution in [3.63, 3.8) is 0 Å². The van der Waals surface area contributed by atoms with Crippen molar-refractivity contribution in [3.05, 3.63) is 83.7 Å². The lowest BCUT2D eigenvalue weighted by Gasteiger charge is -2.08. The summed E-state index contributed by atoms with van der Waals surface area (Å²) in [5.41, 5.74) is 0.842. The largest absolute Gasteiger partial charge is 0.336 e. The zero-order chi connectivity index (χ0) is 21.1. The van der Waals surface area contributed by atoms with Crippen molar-refractivity contribution in [1.82, 2.24) is 14.9 Å². The van der Waals surface area contributed by atoms with Crippen LogP contribution < -0.4 is 11.2 Å². The van der Waals surface area contributed by atoms with E-state index in [0.717, 1.165) is 46.3 Å². The number of benzene rings is 3. The molecule has 0 radical (unpaired) electrons. The van der Waals surface area contributed by atoms with Gasteiger partial charge in [-0.2, -0.15) is 0 Å². The number of halogens is 2. The first-order valence-electron chi connectivity index (χ1n) is 9.05. The number of carbonyl (C=O) groups excluding carboxylic acids is 1. The van der Waals surface area contributed by atoms with Gasteiger partial charge in [-0.1, -0.05) is 54.2 Å². The molecule has 0 atom stereocenters. The van der Waals surface area contributed by atoms with E-state index in [2.05, 4.69) is 15.5 Å². The molecule has 4 aromatic rings. The van der Waals surface area contributed by atoms with Crippen molar-refractivity contribution in [1.29, 1.82) is 0 Å². The third-order valence-corrected chi connectivity index (χ3v) is 5.44. The third-order valence-electron chi connectivity index (χ3n) is 4.50. The predicted octanol–water partition coefficient (Wildman–Crippen LogP) is 3.74. The fourth-order valence-electron chi connectivity index (χ4n) is 3.05. The molecule has 0 bridgehead atoms. The topological polar surface area (TPSA) is 85.8 Å². The molecule has 1 aromatic heterocycles. The molecule has 30 heavy (non-hydrogen) atoms. The first-order chi connectivity index (χ1) is 14.5. The minimum absolute atomic E-state index is 0.0838. The number of nitrogen functional groups attached to an aromatic ring is 1. The van der Waals surface area contributed by atoms with Gasteiger partial charge < -0.3 is 11.2 Å². The van der Waals surface area contributed by atoms with Crippen LogP contribution in [0.1, 0.15) is 11.4 Å². The van der Waals surface area contributed by atoms with Crippen molar-refractivity contribution in [2.24, 2.45) is 0 Å². The zero-order valence-electron chi connectivity index (χ0n) is 15.7. The fraction of sp³-hybridized carbons (Fsp3) is 0.0952. The Balaban J connectivity index is 1.43. The molecule has 0 unspecified atom stereocenters. The van der Waals surface area contributed by atoms with Crippen molar-refractivity contribution < 1.29 is 13.6 Å². The molecule has 0 fully saturated rings. The molecule has 1 amide bonds. The molecule has 9 heteroatoms. The Kier molecular flexibility index (Phi) is 5.62. The highest BCUT2D eigenvalue weighted by Crippen LogP contribution is 2.22. The number of rotatable bonds is 6. The number of aromatic nitrogens is 3. The van der Waals surface area contributed by atoms with Crippen molar-refractivity contribution >= 4 is 34.1 Å². The van der Waals surface area contributed by atoms with E-state index >= 15 is 0 Å². The van der Waals surface area contributed by atoms with Crippen LogP contribution >= 0.6 is 11.8 Å². The summed E-state index contributed by atoms with van der Waals surface area (Å²) in [5.74, 6) is 4.71. The number of anilines is 1. The Morgan fingerprint density at radius 2 is 1.87 bits per heavy atom. The smallest absolute Gasteiger partial charge is 0.234 e. The van der Waals surface area contributed by atoms with Crippen molar-refractivity contribution in [2.45, 2.75) is 11.6 Å². The maximum Gasteiger partial charge on any atom is 0.234 e. The summed E-state index contributed by atoms with van der Waals surface area (Å²) in [7, 11) is 0. The number of thioether (sulfide) groups is 1. The zero-order valence-corrected chi connectivity index (χ0v) is 16.5. The SMILES string of the molecule is Nn1c(Cc2cccc3ccccc23)nnc1SCC(=O)Nc1cc(F)ccc1F. The monoisotopic (exact) mass is 425 g/mol. The quantitative estimate of drug-likeness (QED) is 0.363. The Morgan fingerprint density at radius 1 is 1.07 bits per heavy atom. The highest BCUT2D eigenvalue weighted by Gasteiger charge is 2.15. The van der Waals surface area contributed by atoms with Crippen LogP contribution in [0, 0.1) is 11.6 Å². The summed E-state index contributed by atoms with van der Waals surface area (Å²) >= 11 is 1.06. The lowest BCUT2D eigenvalue weighted by molar-refractivity contribution is -0.113. The highest BCUT2D eigenvalue weighted by molar-refractivity contribution is 7.99. The second-order valence-electron chi connectivity index (χ2n) is 6.54. The van der Waals surface area contributed by atoms with Crippen molar-refractivity contribution in [3.8, 4) is 0 Å². The average Bonchev–Trinajstić information content (AvgIpc) is 3.09. The van der Waals surface area contributed by atoms with E-state index in [-0.39, 0.29) is 11.4 Å². The summed E-state index contributed by atoms with van der Waals surface area (Å²) < 4.78 is 28.2. The van der Waals surface area contributed by atoms with E-state index in [4.69, 9.17) is 5.84 Å². The van der Waals surface area contributed by atoms with Crippen LogP contribution in [0.15, 0.2) is 65.8 Å². The predicted molar refractivity (Wildman–Crippen MR) is 113 cm³/mol. The normalized spacial score (nSPS) is 11.0. The standard InChI is InChI=1S/C21H17F2N5OS/c22-15-8-9-17(23)18(11-15)25-20(29)12-30-21-27-26-19(28(21)24)10-14-6-3-5-13-4-1-2-7-16(13)14/h1-9,11H,10,12,24H2,(H,25,29). The van der Waals surface area contributed by atoms with Gasteiger partial charge in [0.1, 0.15) is 11.6 Å². The molecule has 3 N–H and O–H groups in total. The first kappa shape index (κ1) is 19.8. The Labute approximate surface area is 175 Å². The maximum absolute atomic E-state index is 13.6. The molecule has 0 aliphatic heterocycles. The van der Waals surface area contributed by atoms with E-state index in [1.807, 2.05) is 42.5 Å². The number of amides is 1. The molecule has 4 rings (SSSR count). The molecule has 3 aromatic carbocycles. The summed E-state index contributed by atoms with van der Waals surface area (Å²) in [4.78, 5) is 12.1. The number of hydrogen-bond acceptors (Lipinski definition) is 5. The minimum Gasteiger partial charge on any atom is -0.336 e. The summed E-state index contributed by atoms with van der Waals surface area (Å²) in [6.07, 6.45) is 0.478. The van der Waals surface area contributed by atoms with Gasteiger partial charge in [0.15, 0.2) is 5.82 Å². The molecular formula is C21H17F2N5OS. The molecule has 6 nitrogen and oxygen atoms in total. The van der Waals surface area contributed by atoms with E-state index < -0.39 is 17.5 Å². The van der Waals surface area contributed by atoms with Crippen molar-refractivity contribution in [2.75, 3.05) is 16.9 Å². The molecule has 0 spiro atoms. The summed E-state index contributed by atoms with van der Waals surface area (Å²) in [6.45, 7) is 0. The van der Waals surface area contributed by atoms with Crippen LogP contribution in [0.25, 0.3) is 10.8 Å². The second kappa shape index (κ2) is 8.50. The van der Waals surface area contributed by atoms with Gasteiger partial charge in [0.25, 0.3) is 0 Å². The first-order valence-corrected chi connectivity index (χ1v) is 10.0. The average molecular weight is 425 g/mol. The molecule has 0 saturated heterocycles. The number of fused-ring (bicyclic) bond motifs is 1. The minimum atomic E-state index is -0.714. The maximum atomic E-state index is 13.6. The summed E-state index contributed by atoms with van der Waals surface area (Å²) in [6, 6.07) is 16.9. The van der Waals surface area contributed by atoms with Gasteiger partial charge in [0.2, 0.25) is 11.1 Å². The van der Waals surface area contributed by atoms with Crippen LogP contribution in [-0.4, -0.2) is 26.5 Å². The van der Waals surface area contributed by atoms with E-state index in [9.17, 15) is 13.6 Å². The van der Waals surface area contributed by atoms with Gasteiger partial charge in [-0.25, -0.2) is 13.5 Å². The van der Waals surface area contributed by atoms with Crippen LogP contribution in [-0.2, 0) is 11.2 Å². The number of carbonyl (C=O) groups is 1. The molecule has 1 heterocycles. The lowest BCUT2D eigenvalue weighted by Crippen LogP contribution is -2.18. The number of hydrogen-bond donors (Lipinski definition) is 2. The van der Waals surface area contributed by atoms with Gasteiger partial charge in [-0.15, -0.1) is 10.2 Å². The van der Waals surface area contributed by atoms with Gasteiger partial charge in [0, 0.05) is 12.5 Å². The fourth-order valence-corrected chi connectivity index (χ4v) is 3.73. The Morgan fingerprint density at radius 3 is 2.73 bits per heavy atom. The lowest BCUT2D eigenvalue weighted by atomic mass is 10.0. The molecule has 0 aliphatic carbocycles. The second-order valence-corrected chi connectivity index (χ2v) is 7.49. The Hall–Kier alpha value is -3.46. The van der Waals surface area contributed by atoms with Crippen LogP contribution in [0.5, 0.6) is 0 Å². The molecular weight excluding hydrogens is 408 g/mol. The molecule has 0 aliphatic rings. The molecule has 0 saturated carbocycles. The van der Waals surface area contributed by atoms with E-state index in [1.54, 1.807) is 0 Å². The van der Waals surface area contributed by atoms with Crippen LogP contribution in [0.2, 0.25) is 0 Å². The number of nitrogens with two attached hydrogens (primary N) is 1. The van der Waals surface area contributed by atoms with E-state index in [0.29, 0.717) is 17.4 Å². The third kappa shape index (κ3) is 4.25. The number of nitrogens with zero attached hydrogens (tertiary/aromatic N) is 3. The number of nitrogens with one attached hydrogen (secondary N) is 1. The van der Waals surface area contributed by atoms with Gasteiger partial charge >= 0.3 is 0 Å². The summed E-state index contributed by atoms with van der Waals surface area (Å²) in [5, 5.41) is 13.1. The highest BCUT2D eigenvalue weighted by atomic mass is 32.2. The van der Waals surface area contributed by atoms with Gasteiger partial charge in [0.05, 0.1) is 11.4 Å². The Bertz CT molecular complexity index is 1220. The van der Waals surface area contributed by atoms with Crippen LogP contribution in [0.4, 0.5) is 14.5 Å². The van der Waals surface area contributed by atoms with Crippen LogP contribution in [0.3, 0.4) is 0 Å².